The number of hydrogen-bond donors (Lipinski definition) is 3. The van der Waals surface area contributed by atoms with Crippen LogP contribution in [0.3, 0.4) is 0 Å². The van der Waals surface area contributed by atoms with Crippen molar-refractivity contribution < 1.29 is 41.7 Å². The summed E-state index contributed by atoms with van der Waals surface area (Å²) < 4.78 is 73.9. The number of pyridine rings is 1. The Morgan fingerprint density at radius 3 is 2.60 bits per heavy atom. The molecule has 0 unspecified atom stereocenters. The lowest BCUT2D eigenvalue weighted by Gasteiger charge is -2.44. The molecule has 0 bridgehead atoms. The van der Waals surface area contributed by atoms with Gasteiger partial charge in [0.1, 0.15) is 24.9 Å². The maximum atomic E-state index is 15.2. The average Bonchev–Trinajstić information content (AvgIpc) is 3.55. The SMILES string of the molecule is COc1cc(F)c(-c2cc(Cn3cnc4c(NCOC(=O)OCc5c(Cl)cccc5Cl)ncnc43)c(N3CCC[C@@](N)([C@H](O)C(F)F)C3)cn2)cc1F. The van der Waals surface area contributed by atoms with Gasteiger partial charge in [0.25, 0.3) is 6.43 Å². The van der Waals surface area contributed by atoms with Gasteiger partial charge in [-0.1, -0.05) is 29.3 Å². The van der Waals surface area contributed by atoms with E-state index in [-0.39, 0.29) is 55.7 Å². The molecule has 0 spiro atoms. The molecule has 1 saturated heterocycles. The number of nitrogens with two attached hydrogens (primary N) is 1. The first-order valence-corrected chi connectivity index (χ1v) is 16.8. The second-order valence-corrected chi connectivity index (χ2v) is 13.0. The van der Waals surface area contributed by atoms with Crippen molar-refractivity contribution in [3.8, 4) is 17.0 Å². The third kappa shape index (κ3) is 8.17. The van der Waals surface area contributed by atoms with Crippen molar-refractivity contribution in [2.45, 2.75) is 44.1 Å². The van der Waals surface area contributed by atoms with Gasteiger partial charge in [-0.25, -0.2) is 37.3 Å². The van der Waals surface area contributed by atoms with E-state index in [9.17, 15) is 23.1 Å². The van der Waals surface area contributed by atoms with Crippen LogP contribution in [0.25, 0.3) is 22.4 Å². The van der Waals surface area contributed by atoms with Crippen LogP contribution in [0, 0.1) is 11.6 Å². The quantitative estimate of drug-likeness (QED) is 0.0751. The number of fused-ring (bicyclic) bond motifs is 1. The van der Waals surface area contributed by atoms with Gasteiger partial charge in [0.15, 0.2) is 35.3 Å². The van der Waals surface area contributed by atoms with Crippen molar-refractivity contribution in [1.82, 2.24) is 24.5 Å². The van der Waals surface area contributed by atoms with Gasteiger partial charge in [-0.15, -0.1) is 0 Å². The zero-order valence-electron chi connectivity index (χ0n) is 27.9. The third-order valence-electron chi connectivity index (χ3n) is 8.77. The number of aliphatic hydroxyl groups excluding tert-OH is 1. The minimum atomic E-state index is -3.06. The number of imidazole rings is 1. The summed E-state index contributed by atoms with van der Waals surface area (Å²) in [6.45, 7) is -0.266. The lowest BCUT2D eigenvalue weighted by Crippen LogP contribution is -2.63. The van der Waals surface area contributed by atoms with E-state index in [1.165, 1.54) is 32.0 Å². The molecular weight excluding hydrogens is 747 g/mol. The van der Waals surface area contributed by atoms with Gasteiger partial charge in [0, 0.05) is 40.3 Å². The fraction of sp³-hybridized carbons (Fsp3) is 0.324. The highest BCUT2D eigenvalue weighted by Crippen LogP contribution is 2.35. The third-order valence-corrected chi connectivity index (χ3v) is 9.48. The molecule has 19 heteroatoms. The molecule has 280 valence electrons. The number of halogens is 6. The van der Waals surface area contributed by atoms with Gasteiger partial charge in [0.05, 0.1) is 43.1 Å². The number of carbonyl (C=O) groups is 1. The molecule has 0 amide bonds. The number of benzene rings is 2. The Balaban J connectivity index is 1.26. The summed E-state index contributed by atoms with van der Waals surface area (Å²) in [5.41, 5.74) is 6.64. The fourth-order valence-electron chi connectivity index (χ4n) is 6.06. The molecule has 13 nitrogen and oxygen atoms in total. The molecule has 4 heterocycles. The number of rotatable bonds is 12. The van der Waals surface area contributed by atoms with Crippen LogP contribution in [0.2, 0.25) is 10.0 Å². The number of carbonyl (C=O) groups excluding carboxylic acids is 1. The van der Waals surface area contributed by atoms with Crippen LogP contribution in [0.4, 0.5) is 33.9 Å². The minimum Gasteiger partial charge on any atom is -0.494 e. The number of methoxy groups -OCH3 is 1. The summed E-state index contributed by atoms with van der Waals surface area (Å²) in [4.78, 5) is 31.3. The summed E-state index contributed by atoms with van der Waals surface area (Å²) in [6.07, 6.45) is -1.45. The van der Waals surface area contributed by atoms with Crippen molar-refractivity contribution in [3.05, 3.63) is 88.1 Å². The Bertz CT molecular complexity index is 2110. The largest absolute Gasteiger partial charge is 0.510 e. The fourth-order valence-corrected chi connectivity index (χ4v) is 6.56. The second kappa shape index (κ2) is 16.0. The van der Waals surface area contributed by atoms with Crippen LogP contribution in [-0.2, 0) is 22.6 Å². The molecular formula is C34H32Cl2F4N8O5. The van der Waals surface area contributed by atoms with Gasteiger partial charge in [-0.2, -0.15) is 0 Å². The highest BCUT2D eigenvalue weighted by Gasteiger charge is 2.43. The lowest BCUT2D eigenvalue weighted by molar-refractivity contribution is -0.0529. The Labute approximate surface area is 309 Å². The summed E-state index contributed by atoms with van der Waals surface area (Å²) in [7, 11) is 1.21. The van der Waals surface area contributed by atoms with Crippen LogP contribution in [0.5, 0.6) is 5.75 Å². The van der Waals surface area contributed by atoms with E-state index in [1.807, 2.05) is 0 Å². The van der Waals surface area contributed by atoms with Crippen LogP contribution < -0.4 is 20.7 Å². The summed E-state index contributed by atoms with van der Waals surface area (Å²) in [6, 6.07) is 8.28. The molecule has 1 fully saturated rings. The average molecular weight is 780 g/mol. The first-order valence-electron chi connectivity index (χ1n) is 16.0. The Morgan fingerprint density at radius 1 is 1.09 bits per heavy atom. The maximum absolute atomic E-state index is 15.2. The van der Waals surface area contributed by atoms with Crippen molar-refractivity contribution in [2.75, 3.05) is 37.1 Å². The van der Waals surface area contributed by atoms with E-state index in [4.69, 9.17) is 43.1 Å². The number of aromatic nitrogens is 5. The summed E-state index contributed by atoms with van der Waals surface area (Å²) in [5, 5.41) is 13.8. The van der Waals surface area contributed by atoms with Crippen LogP contribution in [0.15, 0.2) is 55.2 Å². The molecule has 0 aliphatic carbocycles. The zero-order valence-corrected chi connectivity index (χ0v) is 29.4. The molecule has 0 saturated carbocycles. The standard InChI is InChI=1S/C34H32Cl2F4N8O5/c1-51-27-10-23(37)19(9-24(27)38)25-8-18(26(11-42-25)47-7-3-6-34(41,14-47)29(49)30(39)40)12-48-16-45-28-31(43-15-44-32(28)48)46-17-53-33(50)52-13-20-21(35)4-2-5-22(20)36/h2,4-5,8-11,15-16,29-30,49H,3,6-7,12-14,17,41H2,1H3,(H,43,44,46)/t29-,34+/m1/s1. The van der Waals surface area contributed by atoms with Crippen LogP contribution in [-0.4, -0.2) is 80.8 Å². The van der Waals surface area contributed by atoms with Gasteiger partial charge < -0.3 is 39.8 Å². The Hall–Kier alpha value is -4.97. The number of anilines is 2. The van der Waals surface area contributed by atoms with Crippen molar-refractivity contribution >= 4 is 52.0 Å². The van der Waals surface area contributed by atoms with E-state index in [0.29, 0.717) is 51.0 Å². The summed E-state index contributed by atoms with van der Waals surface area (Å²) in [5.74, 6) is -1.66. The van der Waals surface area contributed by atoms with Gasteiger partial charge in [-0.3, -0.25) is 4.98 Å². The molecule has 1 aliphatic rings. The van der Waals surface area contributed by atoms with Crippen molar-refractivity contribution in [3.63, 3.8) is 0 Å². The van der Waals surface area contributed by atoms with Crippen LogP contribution in [0.1, 0.15) is 24.0 Å². The number of ether oxygens (including phenoxy) is 3. The summed E-state index contributed by atoms with van der Waals surface area (Å²) >= 11 is 12.2. The van der Waals surface area contributed by atoms with Crippen molar-refractivity contribution in [2.24, 2.45) is 5.73 Å². The highest BCUT2D eigenvalue weighted by atomic mass is 35.5. The van der Waals surface area contributed by atoms with Crippen molar-refractivity contribution in [1.29, 1.82) is 0 Å². The maximum Gasteiger partial charge on any atom is 0.510 e. The topological polar surface area (TPSA) is 163 Å². The van der Waals surface area contributed by atoms with E-state index in [1.54, 1.807) is 27.7 Å². The van der Waals surface area contributed by atoms with Gasteiger partial charge >= 0.3 is 6.16 Å². The molecule has 5 aromatic rings. The predicted octanol–water partition coefficient (Wildman–Crippen LogP) is 6.18. The van der Waals surface area contributed by atoms with Gasteiger partial charge in [-0.05, 0) is 42.7 Å². The Morgan fingerprint density at radius 2 is 1.87 bits per heavy atom. The molecule has 0 radical (unpaired) electrons. The van der Waals surface area contributed by atoms with Crippen LogP contribution >= 0.6 is 23.2 Å². The van der Waals surface area contributed by atoms with E-state index < -0.39 is 35.9 Å². The number of aliphatic hydroxyl groups is 1. The van der Waals surface area contributed by atoms with E-state index in [0.717, 1.165) is 12.1 Å². The second-order valence-electron chi connectivity index (χ2n) is 12.2. The van der Waals surface area contributed by atoms with Gasteiger partial charge in [0.2, 0.25) is 0 Å². The lowest BCUT2D eigenvalue weighted by atomic mass is 9.84. The molecule has 2 aromatic carbocycles. The first-order chi connectivity index (χ1) is 25.4. The highest BCUT2D eigenvalue weighted by molar-refractivity contribution is 6.35. The molecule has 2 atom stereocenters. The first kappa shape index (κ1) is 37.8. The Kier molecular flexibility index (Phi) is 11.4. The minimum absolute atomic E-state index is 0.0387. The molecule has 53 heavy (non-hydrogen) atoms. The zero-order chi connectivity index (χ0) is 37.9. The molecule has 1 aliphatic heterocycles. The number of nitrogens with zero attached hydrogens (tertiary/aromatic N) is 6. The normalized spacial score (nSPS) is 16.5. The number of nitrogens with one attached hydrogen (secondary N) is 1. The number of alkyl halides is 2. The number of hydrogen-bond acceptors (Lipinski definition) is 12. The molecule has 4 N–H and O–H groups in total. The smallest absolute Gasteiger partial charge is 0.494 e. The monoisotopic (exact) mass is 778 g/mol. The molecule has 3 aromatic heterocycles. The number of piperidine rings is 1. The molecule has 6 rings (SSSR count). The van der Waals surface area contributed by atoms with E-state index >= 15 is 4.39 Å². The predicted molar refractivity (Wildman–Crippen MR) is 187 cm³/mol. The van der Waals surface area contributed by atoms with E-state index in [2.05, 4.69) is 25.3 Å².